The number of hydrogen-bond donors (Lipinski definition) is 2. The minimum Gasteiger partial charge on any atom is -0.380 e. The van der Waals surface area contributed by atoms with Gasteiger partial charge in [0, 0.05) is 25.2 Å². The SMILES string of the molecule is CC(C)CCOCCNC1(C)CCNC1. The van der Waals surface area contributed by atoms with E-state index < -0.39 is 0 Å². The molecular formula is C12H26N2O. The van der Waals surface area contributed by atoms with Crippen molar-refractivity contribution in [2.75, 3.05) is 32.8 Å². The van der Waals surface area contributed by atoms with Crippen molar-refractivity contribution >= 4 is 0 Å². The molecule has 1 fully saturated rings. The number of nitrogens with one attached hydrogen (secondary N) is 2. The molecule has 0 aromatic rings. The molecule has 0 aromatic carbocycles. The van der Waals surface area contributed by atoms with Gasteiger partial charge in [-0.3, -0.25) is 0 Å². The summed E-state index contributed by atoms with van der Waals surface area (Å²) in [5.41, 5.74) is 0.293. The van der Waals surface area contributed by atoms with Crippen LogP contribution in [0.3, 0.4) is 0 Å². The molecule has 1 rings (SSSR count). The molecule has 1 aliphatic heterocycles. The first-order valence-electron chi connectivity index (χ1n) is 6.16. The maximum Gasteiger partial charge on any atom is 0.0591 e. The molecule has 2 N–H and O–H groups in total. The van der Waals surface area contributed by atoms with Crippen LogP contribution in [0.2, 0.25) is 0 Å². The molecule has 3 nitrogen and oxygen atoms in total. The Morgan fingerprint density at radius 3 is 2.80 bits per heavy atom. The second-order valence-electron chi connectivity index (χ2n) is 5.21. The summed E-state index contributed by atoms with van der Waals surface area (Å²) in [5.74, 6) is 0.745. The largest absolute Gasteiger partial charge is 0.380 e. The quantitative estimate of drug-likeness (QED) is 0.628. The number of hydrogen-bond acceptors (Lipinski definition) is 3. The zero-order valence-electron chi connectivity index (χ0n) is 10.4. The highest BCUT2D eigenvalue weighted by Crippen LogP contribution is 2.12. The van der Waals surface area contributed by atoms with Crippen LogP contribution in [-0.2, 0) is 4.74 Å². The molecule has 0 spiro atoms. The smallest absolute Gasteiger partial charge is 0.0591 e. The summed E-state index contributed by atoms with van der Waals surface area (Å²) in [4.78, 5) is 0. The number of ether oxygens (including phenoxy) is 1. The Bertz CT molecular complexity index is 165. The van der Waals surface area contributed by atoms with Gasteiger partial charge in [-0.15, -0.1) is 0 Å². The predicted octanol–water partition coefficient (Wildman–Crippen LogP) is 1.39. The van der Waals surface area contributed by atoms with E-state index in [1.165, 1.54) is 12.8 Å². The Morgan fingerprint density at radius 2 is 2.20 bits per heavy atom. The monoisotopic (exact) mass is 214 g/mol. The summed E-state index contributed by atoms with van der Waals surface area (Å²) in [6, 6.07) is 0. The average molecular weight is 214 g/mol. The lowest BCUT2D eigenvalue weighted by Gasteiger charge is -2.24. The first kappa shape index (κ1) is 12.9. The van der Waals surface area contributed by atoms with Crippen LogP contribution >= 0.6 is 0 Å². The molecule has 1 heterocycles. The highest BCUT2D eigenvalue weighted by molar-refractivity contribution is 4.91. The lowest BCUT2D eigenvalue weighted by Crippen LogP contribution is -2.45. The van der Waals surface area contributed by atoms with Gasteiger partial charge in [-0.1, -0.05) is 13.8 Å². The van der Waals surface area contributed by atoms with Crippen molar-refractivity contribution in [1.29, 1.82) is 0 Å². The molecule has 0 aromatic heterocycles. The lowest BCUT2D eigenvalue weighted by molar-refractivity contribution is 0.120. The molecule has 3 heteroatoms. The van der Waals surface area contributed by atoms with Gasteiger partial charge in [-0.2, -0.15) is 0 Å². The van der Waals surface area contributed by atoms with E-state index in [9.17, 15) is 0 Å². The van der Waals surface area contributed by atoms with Gasteiger partial charge in [0.25, 0.3) is 0 Å². The van der Waals surface area contributed by atoms with E-state index in [-0.39, 0.29) is 0 Å². The fourth-order valence-corrected chi connectivity index (χ4v) is 1.81. The third-order valence-electron chi connectivity index (χ3n) is 3.01. The highest BCUT2D eigenvalue weighted by Gasteiger charge is 2.26. The zero-order chi connectivity index (χ0) is 11.1. The summed E-state index contributed by atoms with van der Waals surface area (Å²) in [7, 11) is 0. The molecule has 90 valence electrons. The predicted molar refractivity (Wildman–Crippen MR) is 64.2 cm³/mol. The molecule has 1 aliphatic rings. The first-order valence-corrected chi connectivity index (χ1v) is 6.16. The van der Waals surface area contributed by atoms with Crippen LogP contribution in [0.5, 0.6) is 0 Å². The maximum absolute atomic E-state index is 5.57. The Hall–Kier alpha value is -0.120. The van der Waals surface area contributed by atoms with Crippen molar-refractivity contribution in [2.45, 2.75) is 39.2 Å². The van der Waals surface area contributed by atoms with Crippen LogP contribution in [0.1, 0.15) is 33.6 Å². The highest BCUT2D eigenvalue weighted by atomic mass is 16.5. The molecule has 0 saturated carbocycles. The van der Waals surface area contributed by atoms with Crippen LogP contribution in [0.4, 0.5) is 0 Å². The molecule has 0 bridgehead atoms. The van der Waals surface area contributed by atoms with E-state index in [4.69, 9.17) is 4.74 Å². The van der Waals surface area contributed by atoms with Crippen molar-refractivity contribution in [3.05, 3.63) is 0 Å². The minimum absolute atomic E-state index is 0.293. The summed E-state index contributed by atoms with van der Waals surface area (Å²) >= 11 is 0. The fourth-order valence-electron chi connectivity index (χ4n) is 1.81. The summed E-state index contributed by atoms with van der Waals surface area (Å²) in [5, 5.41) is 6.94. The van der Waals surface area contributed by atoms with Crippen molar-refractivity contribution in [3.63, 3.8) is 0 Å². The molecular weight excluding hydrogens is 188 g/mol. The number of rotatable bonds is 7. The average Bonchev–Trinajstić information content (AvgIpc) is 2.58. The van der Waals surface area contributed by atoms with Crippen molar-refractivity contribution in [1.82, 2.24) is 10.6 Å². The Labute approximate surface area is 94.0 Å². The van der Waals surface area contributed by atoms with Gasteiger partial charge in [-0.05, 0) is 32.2 Å². The van der Waals surface area contributed by atoms with E-state index in [0.717, 1.165) is 38.8 Å². The van der Waals surface area contributed by atoms with E-state index in [1.807, 2.05) is 0 Å². The van der Waals surface area contributed by atoms with E-state index in [0.29, 0.717) is 5.54 Å². The van der Waals surface area contributed by atoms with Gasteiger partial charge < -0.3 is 15.4 Å². The van der Waals surface area contributed by atoms with E-state index in [1.54, 1.807) is 0 Å². The molecule has 15 heavy (non-hydrogen) atoms. The second kappa shape index (κ2) is 6.46. The van der Waals surface area contributed by atoms with Crippen molar-refractivity contribution in [3.8, 4) is 0 Å². The van der Waals surface area contributed by atoms with Gasteiger partial charge in [0.1, 0.15) is 0 Å². The topological polar surface area (TPSA) is 33.3 Å². The summed E-state index contributed by atoms with van der Waals surface area (Å²) in [6.07, 6.45) is 2.39. The third-order valence-corrected chi connectivity index (χ3v) is 3.01. The Balaban J connectivity index is 1.92. The summed E-state index contributed by atoms with van der Waals surface area (Å²) < 4.78 is 5.57. The standard InChI is InChI=1S/C12H26N2O/c1-11(2)4-8-15-9-7-14-12(3)5-6-13-10-12/h11,13-14H,4-10H2,1-3H3. The lowest BCUT2D eigenvalue weighted by atomic mass is 10.0. The van der Waals surface area contributed by atoms with E-state index >= 15 is 0 Å². The molecule has 0 amide bonds. The Morgan fingerprint density at radius 1 is 1.40 bits per heavy atom. The normalized spacial score (nSPS) is 26.4. The second-order valence-corrected chi connectivity index (χ2v) is 5.21. The van der Waals surface area contributed by atoms with E-state index in [2.05, 4.69) is 31.4 Å². The van der Waals surface area contributed by atoms with Gasteiger partial charge >= 0.3 is 0 Å². The molecule has 0 aliphatic carbocycles. The molecule has 1 saturated heterocycles. The van der Waals surface area contributed by atoms with Crippen molar-refractivity contribution in [2.24, 2.45) is 5.92 Å². The minimum atomic E-state index is 0.293. The van der Waals surface area contributed by atoms with Crippen LogP contribution in [0.15, 0.2) is 0 Å². The van der Waals surface area contributed by atoms with Crippen LogP contribution < -0.4 is 10.6 Å². The van der Waals surface area contributed by atoms with Gasteiger partial charge in [0.15, 0.2) is 0 Å². The van der Waals surface area contributed by atoms with Gasteiger partial charge in [0.2, 0.25) is 0 Å². The molecule has 1 unspecified atom stereocenters. The van der Waals surface area contributed by atoms with Gasteiger partial charge in [-0.25, -0.2) is 0 Å². The maximum atomic E-state index is 5.57. The molecule has 0 radical (unpaired) electrons. The van der Waals surface area contributed by atoms with Crippen LogP contribution in [0, 0.1) is 5.92 Å². The first-order chi connectivity index (χ1) is 7.12. The van der Waals surface area contributed by atoms with Crippen LogP contribution in [-0.4, -0.2) is 38.4 Å². The Kier molecular flexibility index (Phi) is 5.58. The zero-order valence-corrected chi connectivity index (χ0v) is 10.4. The van der Waals surface area contributed by atoms with Crippen molar-refractivity contribution < 1.29 is 4.74 Å². The molecule has 1 atom stereocenters. The third kappa shape index (κ3) is 5.50. The van der Waals surface area contributed by atoms with Gasteiger partial charge in [0.05, 0.1) is 6.61 Å². The van der Waals surface area contributed by atoms with Crippen LogP contribution in [0.25, 0.3) is 0 Å². The summed E-state index contributed by atoms with van der Waals surface area (Å²) in [6.45, 7) is 11.7. The fraction of sp³-hybridized carbons (Fsp3) is 1.00.